The van der Waals surface area contributed by atoms with Gasteiger partial charge >= 0.3 is 0 Å². The van der Waals surface area contributed by atoms with E-state index in [0.29, 0.717) is 0 Å². The number of carbonyl (C=O) groups excluding carboxylic acids is 1. The van der Waals surface area contributed by atoms with Crippen molar-refractivity contribution >= 4 is 5.91 Å². The third-order valence-electron chi connectivity index (χ3n) is 4.60. The van der Waals surface area contributed by atoms with E-state index in [1.807, 2.05) is 13.8 Å². The fraction of sp³-hybridized carbons (Fsp3) is 0.917. The molecule has 2 fully saturated rings. The molecule has 1 aliphatic heterocycles. The van der Waals surface area contributed by atoms with E-state index in [9.17, 15) is 4.79 Å². The maximum absolute atomic E-state index is 12.4. The predicted molar refractivity (Wildman–Crippen MR) is 62.9 cm³/mol. The number of ether oxygens (including phenoxy) is 1. The number of likely N-dealkylation sites (N-methyl/N-ethyl adjacent to an activating group) is 1. The van der Waals surface area contributed by atoms with Gasteiger partial charge in [-0.25, -0.2) is 5.06 Å². The van der Waals surface area contributed by atoms with Crippen LogP contribution in [0.2, 0.25) is 0 Å². The lowest BCUT2D eigenvalue weighted by Crippen LogP contribution is -2.82. The van der Waals surface area contributed by atoms with E-state index < -0.39 is 5.54 Å². The van der Waals surface area contributed by atoms with Gasteiger partial charge < -0.3 is 10.5 Å². The summed E-state index contributed by atoms with van der Waals surface area (Å²) in [6.07, 6.45) is 2.02. The average Bonchev–Trinajstić information content (AvgIpc) is 2.35. The van der Waals surface area contributed by atoms with Gasteiger partial charge in [-0.3, -0.25) is 9.63 Å². The highest BCUT2D eigenvalue weighted by molar-refractivity contribution is 5.88. The van der Waals surface area contributed by atoms with E-state index >= 15 is 0 Å². The van der Waals surface area contributed by atoms with E-state index in [-0.39, 0.29) is 23.3 Å². The fourth-order valence-electron chi connectivity index (χ4n) is 3.35. The Morgan fingerprint density at radius 2 is 2.18 bits per heavy atom. The third-order valence-corrected chi connectivity index (χ3v) is 4.60. The highest BCUT2D eigenvalue weighted by Gasteiger charge is 2.70. The SMILES string of the molecule is CON(C)C(=O)C1(N)C2CCCOC2C1(C)C. The molecule has 0 radical (unpaired) electrons. The highest BCUT2D eigenvalue weighted by Crippen LogP contribution is 2.57. The number of hydrogen-bond acceptors (Lipinski definition) is 4. The van der Waals surface area contributed by atoms with Crippen LogP contribution in [-0.4, -0.2) is 43.4 Å². The molecule has 0 aromatic heterocycles. The minimum absolute atomic E-state index is 0.0930. The zero-order valence-electron chi connectivity index (χ0n) is 11.0. The lowest BCUT2D eigenvalue weighted by Gasteiger charge is -2.65. The molecule has 0 spiro atoms. The van der Waals surface area contributed by atoms with Gasteiger partial charge in [-0.2, -0.15) is 0 Å². The lowest BCUT2D eigenvalue weighted by atomic mass is 9.46. The van der Waals surface area contributed by atoms with Gasteiger partial charge in [0.15, 0.2) is 0 Å². The molecule has 2 rings (SSSR count). The number of carbonyl (C=O) groups is 1. The van der Waals surface area contributed by atoms with E-state index in [1.165, 1.54) is 12.2 Å². The molecule has 2 aliphatic rings. The molecule has 1 amide bonds. The number of fused-ring (bicyclic) bond motifs is 1. The molecule has 17 heavy (non-hydrogen) atoms. The summed E-state index contributed by atoms with van der Waals surface area (Å²) in [6.45, 7) is 4.77. The van der Waals surface area contributed by atoms with Gasteiger partial charge in [0.1, 0.15) is 5.54 Å². The molecule has 0 bridgehead atoms. The van der Waals surface area contributed by atoms with E-state index in [4.69, 9.17) is 15.3 Å². The van der Waals surface area contributed by atoms with Crippen molar-refractivity contribution in [2.45, 2.75) is 38.3 Å². The van der Waals surface area contributed by atoms with Gasteiger partial charge in [0, 0.05) is 25.0 Å². The largest absolute Gasteiger partial charge is 0.377 e. The first-order chi connectivity index (χ1) is 7.87. The zero-order valence-corrected chi connectivity index (χ0v) is 11.0. The zero-order chi connectivity index (χ0) is 12.8. The highest BCUT2D eigenvalue weighted by atomic mass is 16.7. The van der Waals surface area contributed by atoms with Crippen molar-refractivity contribution in [1.82, 2.24) is 5.06 Å². The fourth-order valence-corrected chi connectivity index (χ4v) is 3.35. The van der Waals surface area contributed by atoms with Crippen LogP contribution in [0.5, 0.6) is 0 Å². The summed E-state index contributed by atoms with van der Waals surface area (Å²) < 4.78 is 5.76. The Morgan fingerprint density at radius 3 is 2.76 bits per heavy atom. The van der Waals surface area contributed by atoms with Crippen LogP contribution in [0.1, 0.15) is 26.7 Å². The van der Waals surface area contributed by atoms with Crippen molar-refractivity contribution < 1.29 is 14.4 Å². The van der Waals surface area contributed by atoms with Crippen LogP contribution < -0.4 is 5.73 Å². The maximum Gasteiger partial charge on any atom is 0.266 e. The van der Waals surface area contributed by atoms with Crippen LogP contribution in [0.4, 0.5) is 0 Å². The number of rotatable bonds is 2. The molecule has 1 saturated carbocycles. The molecule has 1 saturated heterocycles. The summed E-state index contributed by atoms with van der Waals surface area (Å²) in [5.74, 6) is -0.0481. The standard InChI is InChI=1S/C12H22N2O3/c1-11(2)9-8(6-5-7-17-9)12(11,13)10(15)14(3)16-4/h8-9H,5-7,13H2,1-4H3. The molecule has 5 heteroatoms. The van der Waals surface area contributed by atoms with E-state index in [0.717, 1.165) is 19.4 Å². The van der Waals surface area contributed by atoms with E-state index in [2.05, 4.69) is 0 Å². The maximum atomic E-state index is 12.4. The first-order valence-electron chi connectivity index (χ1n) is 6.10. The topological polar surface area (TPSA) is 64.8 Å². The number of nitrogens with zero attached hydrogens (tertiary/aromatic N) is 1. The van der Waals surface area contributed by atoms with Crippen molar-refractivity contribution in [3.8, 4) is 0 Å². The quantitative estimate of drug-likeness (QED) is 0.718. The number of hydroxylamine groups is 2. The Labute approximate surface area is 102 Å². The van der Waals surface area contributed by atoms with Gasteiger partial charge in [0.05, 0.1) is 13.2 Å². The van der Waals surface area contributed by atoms with Crippen LogP contribution in [-0.2, 0) is 14.4 Å². The van der Waals surface area contributed by atoms with Gasteiger partial charge in [0.25, 0.3) is 5.91 Å². The average molecular weight is 242 g/mol. The minimum Gasteiger partial charge on any atom is -0.377 e. The monoisotopic (exact) mass is 242 g/mol. The lowest BCUT2D eigenvalue weighted by molar-refractivity contribution is -0.244. The molecule has 5 nitrogen and oxygen atoms in total. The van der Waals surface area contributed by atoms with Crippen LogP contribution in [0.3, 0.4) is 0 Å². The van der Waals surface area contributed by atoms with Crippen molar-refractivity contribution in [2.75, 3.05) is 20.8 Å². The summed E-state index contributed by atoms with van der Waals surface area (Å²) in [5, 5.41) is 1.23. The molecular formula is C12H22N2O3. The van der Waals surface area contributed by atoms with Crippen LogP contribution in [0.15, 0.2) is 0 Å². The normalized spacial score (nSPS) is 39.1. The smallest absolute Gasteiger partial charge is 0.266 e. The summed E-state index contributed by atoms with van der Waals surface area (Å²) in [7, 11) is 3.08. The van der Waals surface area contributed by atoms with Crippen molar-refractivity contribution in [3.63, 3.8) is 0 Å². The number of amides is 1. The Morgan fingerprint density at radius 1 is 1.53 bits per heavy atom. The van der Waals surface area contributed by atoms with Crippen molar-refractivity contribution in [1.29, 1.82) is 0 Å². The van der Waals surface area contributed by atoms with Gasteiger partial charge in [-0.05, 0) is 12.8 Å². The minimum atomic E-state index is -0.872. The molecule has 3 unspecified atom stereocenters. The number of hydrogen-bond donors (Lipinski definition) is 1. The second kappa shape index (κ2) is 3.93. The molecule has 1 heterocycles. The molecule has 3 atom stereocenters. The number of nitrogens with two attached hydrogens (primary N) is 1. The van der Waals surface area contributed by atoms with Crippen LogP contribution in [0.25, 0.3) is 0 Å². The Kier molecular flexibility index (Phi) is 2.96. The van der Waals surface area contributed by atoms with Crippen LogP contribution in [0, 0.1) is 11.3 Å². The Balaban J connectivity index is 2.26. The second-order valence-electron chi connectivity index (χ2n) is 5.62. The Bertz CT molecular complexity index is 332. The molecule has 98 valence electrons. The summed E-state index contributed by atoms with van der Waals surface area (Å²) >= 11 is 0. The van der Waals surface area contributed by atoms with Crippen molar-refractivity contribution in [2.24, 2.45) is 17.1 Å². The van der Waals surface area contributed by atoms with Crippen LogP contribution >= 0.6 is 0 Å². The Hall–Kier alpha value is -0.650. The molecule has 0 aromatic rings. The summed E-state index contributed by atoms with van der Waals surface area (Å²) in [4.78, 5) is 17.3. The van der Waals surface area contributed by atoms with Gasteiger partial charge in [-0.15, -0.1) is 0 Å². The molecular weight excluding hydrogens is 220 g/mol. The van der Waals surface area contributed by atoms with Gasteiger partial charge in [0.2, 0.25) is 0 Å². The predicted octanol–water partition coefficient (Wildman–Crippen LogP) is 0.539. The third kappa shape index (κ3) is 1.46. The van der Waals surface area contributed by atoms with E-state index in [1.54, 1.807) is 7.05 Å². The molecule has 0 aromatic carbocycles. The molecule has 2 N–H and O–H groups in total. The molecule has 1 aliphatic carbocycles. The van der Waals surface area contributed by atoms with Gasteiger partial charge in [-0.1, -0.05) is 13.8 Å². The first kappa shape index (κ1) is 12.8. The summed E-state index contributed by atoms with van der Waals surface area (Å²) in [5.41, 5.74) is 5.19. The summed E-state index contributed by atoms with van der Waals surface area (Å²) in [6, 6.07) is 0. The second-order valence-corrected chi connectivity index (χ2v) is 5.62. The van der Waals surface area contributed by atoms with Crippen molar-refractivity contribution in [3.05, 3.63) is 0 Å². The first-order valence-corrected chi connectivity index (χ1v) is 6.10.